The summed E-state index contributed by atoms with van der Waals surface area (Å²) in [6.07, 6.45) is 8.26. The second-order valence-corrected chi connectivity index (χ2v) is 9.74. The van der Waals surface area contributed by atoms with Crippen molar-refractivity contribution in [1.82, 2.24) is 19.8 Å². The normalized spacial score (nSPS) is 18.0. The number of benzene rings is 1. The van der Waals surface area contributed by atoms with Crippen LogP contribution in [0.25, 0.3) is 5.69 Å². The number of rotatable bonds is 7. The highest BCUT2D eigenvalue weighted by atomic mass is 16.6. The molecule has 8 heteroatoms. The molecule has 3 rings (SSSR count). The molecule has 1 fully saturated rings. The molecule has 0 spiro atoms. The average molecular weight is 428 g/mol. The van der Waals surface area contributed by atoms with E-state index in [2.05, 4.69) is 44.9 Å². The molecule has 1 aliphatic rings. The molecule has 0 aliphatic carbocycles. The number of nitrogens with zero attached hydrogens (tertiary/aromatic N) is 4. The van der Waals surface area contributed by atoms with Gasteiger partial charge in [0.1, 0.15) is 5.69 Å². The number of nitro benzene ring substituents is 1. The van der Waals surface area contributed by atoms with E-state index in [4.69, 9.17) is 0 Å². The van der Waals surface area contributed by atoms with E-state index in [9.17, 15) is 14.9 Å². The van der Waals surface area contributed by atoms with E-state index in [1.807, 2.05) is 4.90 Å². The number of unbranched alkanes of at least 4 members (excludes halogenated alkanes) is 1. The zero-order valence-corrected chi connectivity index (χ0v) is 19.1. The predicted octanol–water partition coefficient (Wildman–Crippen LogP) is 4.33. The second-order valence-electron chi connectivity index (χ2n) is 9.74. The summed E-state index contributed by atoms with van der Waals surface area (Å²) in [5, 5.41) is 15.4. The maximum atomic E-state index is 13.6. The highest BCUT2D eigenvalue weighted by Crippen LogP contribution is 2.33. The van der Waals surface area contributed by atoms with Gasteiger partial charge in [-0.05, 0) is 59.1 Å². The molecule has 1 aromatic heterocycles. The number of nitro groups is 1. The molecular weight excluding hydrogens is 394 g/mol. The van der Waals surface area contributed by atoms with Crippen LogP contribution in [0.15, 0.2) is 36.9 Å². The number of carbonyl (C=O) groups is 1. The van der Waals surface area contributed by atoms with Gasteiger partial charge in [-0.15, -0.1) is 0 Å². The van der Waals surface area contributed by atoms with Gasteiger partial charge in [0, 0.05) is 47.7 Å². The lowest BCUT2D eigenvalue weighted by Crippen LogP contribution is -2.62. The van der Waals surface area contributed by atoms with Crippen LogP contribution in [0, 0.1) is 10.1 Å². The zero-order valence-electron chi connectivity index (χ0n) is 19.1. The van der Waals surface area contributed by atoms with Gasteiger partial charge in [-0.2, -0.15) is 0 Å². The monoisotopic (exact) mass is 427 g/mol. The van der Waals surface area contributed by atoms with E-state index in [1.165, 1.54) is 12.4 Å². The fourth-order valence-electron chi connectivity index (χ4n) is 4.86. The molecular formula is C23H33N5O3. The first-order chi connectivity index (χ1) is 14.5. The number of hydrogen-bond acceptors (Lipinski definition) is 5. The third-order valence-corrected chi connectivity index (χ3v) is 5.82. The van der Waals surface area contributed by atoms with Gasteiger partial charge in [0.25, 0.3) is 11.6 Å². The number of aromatic nitrogens is 2. The van der Waals surface area contributed by atoms with Gasteiger partial charge in [0.2, 0.25) is 0 Å². The summed E-state index contributed by atoms with van der Waals surface area (Å²) in [4.78, 5) is 30.8. The van der Waals surface area contributed by atoms with E-state index >= 15 is 0 Å². The van der Waals surface area contributed by atoms with Crippen molar-refractivity contribution in [3.63, 3.8) is 0 Å². The highest BCUT2D eigenvalue weighted by Gasteiger charge is 2.41. The Morgan fingerprint density at radius 1 is 1.29 bits per heavy atom. The van der Waals surface area contributed by atoms with Gasteiger partial charge in [-0.3, -0.25) is 14.9 Å². The van der Waals surface area contributed by atoms with Gasteiger partial charge < -0.3 is 14.8 Å². The molecule has 1 saturated heterocycles. The summed E-state index contributed by atoms with van der Waals surface area (Å²) in [6.45, 7) is 11.4. The van der Waals surface area contributed by atoms with Crippen LogP contribution in [0.5, 0.6) is 0 Å². The molecule has 0 saturated carbocycles. The topological polar surface area (TPSA) is 93.3 Å². The lowest BCUT2D eigenvalue weighted by molar-refractivity contribution is -0.384. The van der Waals surface area contributed by atoms with Crippen molar-refractivity contribution in [2.75, 3.05) is 6.54 Å². The minimum Gasteiger partial charge on any atom is -0.336 e. The van der Waals surface area contributed by atoms with Gasteiger partial charge in [-0.25, -0.2) is 4.98 Å². The minimum absolute atomic E-state index is 0.0673. The Hall–Kier alpha value is -2.74. The average Bonchev–Trinajstić information content (AvgIpc) is 3.19. The van der Waals surface area contributed by atoms with Crippen molar-refractivity contribution >= 4 is 11.6 Å². The van der Waals surface area contributed by atoms with Gasteiger partial charge in [0.05, 0.1) is 11.3 Å². The van der Waals surface area contributed by atoms with Crippen LogP contribution in [0.2, 0.25) is 0 Å². The molecule has 1 amide bonds. The Bertz CT molecular complexity index is 921. The van der Waals surface area contributed by atoms with Crippen LogP contribution in [0.3, 0.4) is 0 Å². The molecule has 2 heterocycles. The summed E-state index contributed by atoms with van der Waals surface area (Å²) in [6, 6.07) is 4.77. The Labute approximate surface area is 183 Å². The lowest BCUT2D eigenvalue weighted by atomic mass is 9.78. The number of nitrogens with one attached hydrogen (secondary N) is 1. The van der Waals surface area contributed by atoms with Crippen LogP contribution < -0.4 is 5.32 Å². The molecule has 31 heavy (non-hydrogen) atoms. The van der Waals surface area contributed by atoms with Crippen LogP contribution >= 0.6 is 0 Å². The predicted molar refractivity (Wildman–Crippen MR) is 120 cm³/mol. The Kier molecular flexibility index (Phi) is 6.50. The molecule has 8 nitrogen and oxygen atoms in total. The van der Waals surface area contributed by atoms with Crippen LogP contribution in [0.4, 0.5) is 5.69 Å². The largest absolute Gasteiger partial charge is 0.336 e. The first-order valence-electron chi connectivity index (χ1n) is 10.9. The number of piperidine rings is 1. The van der Waals surface area contributed by atoms with Gasteiger partial charge >= 0.3 is 0 Å². The maximum Gasteiger partial charge on any atom is 0.294 e. The number of imidazole rings is 1. The number of amides is 1. The van der Waals surface area contributed by atoms with Crippen molar-refractivity contribution in [1.29, 1.82) is 0 Å². The third-order valence-electron chi connectivity index (χ3n) is 5.82. The number of hydrogen-bond donors (Lipinski definition) is 1. The Morgan fingerprint density at radius 2 is 1.97 bits per heavy atom. The first kappa shape index (κ1) is 22.9. The Balaban J connectivity index is 1.96. The summed E-state index contributed by atoms with van der Waals surface area (Å²) < 4.78 is 1.58. The molecule has 0 unspecified atom stereocenters. The van der Waals surface area contributed by atoms with Gasteiger partial charge in [0.15, 0.2) is 0 Å². The molecule has 0 bridgehead atoms. The minimum atomic E-state index is -0.445. The van der Waals surface area contributed by atoms with Crippen molar-refractivity contribution in [2.24, 2.45) is 0 Å². The first-order valence-corrected chi connectivity index (χ1v) is 10.9. The smallest absolute Gasteiger partial charge is 0.294 e. The van der Waals surface area contributed by atoms with Crippen molar-refractivity contribution in [2.45, 2.75) is 77.4 Å². The summed E-state index contributed by atoms with van der Waals surface area (Å²) in [7, 11) is 0. The summed E-state index contributed by atoms with van der Waals surface area (Å²) in [5.74, 6) is -0.146. The van der Waals surface area contributed by atoms with E-state index in [0.717, 1.165) is 25.7 Å². The highest BCUT2D eigenvalue weighted by molar-refractivity contribution is 5.95. The zero-order chi connectivity index (χ0) is 22.8. The van der Waals surface area contributed by atoms with Crippen molar-refractivity contribution < 1.29 is 9.72 Å². The van der Waals surface area contributed by atoms with Gasteiger partial charge in [-0.1, -0.05) is 13.3 Å². The molecule has 168 valence electrons. The molecule has 1 N–H and O–H groups in total. The van der Waals surface area contributed by atoms with E-state index < -0.39 is 4.92 Å². The standard InChI is InChI=1S/C23H33N5O3/c1-6-7-11-27(18-14-22(2,3)25-23(4,5)15-18)21(29)17-8-9-19(20(13-17)28(30)31)26-12-10-24-16-26/h8-10,12-13,16,18,25H,6-7,11,14-15H2,1-5H3. The molecule has 2 aromatic rings. The molecule has 1 aromatic carbocycles. The number of carbonyl (C=O) groups excluding carboxylic acids is 1. The van der Waals surface area contributed by atoms with Crippen LogP contribution in [-0.4, -0.2) is 48.9 Å². The fraction of sp³-hybridized carbons (Fsp3) is 0.565. The van der Waals surface area contributed by atoms with Crippen LogP contribution in [0.1, 0.15) is 70.7 Å². The van der Waals surface area contributed by atoms with Crippen molar-refractivity contribution in [3.8, 4) is 5.69 Å². The molecule has 0 radical (unpaired) electrons. The fourth-order valence-corrected chi connectivity index (χ4v) is 4.86. The molecule has 0 atom stereocenters. The summed E-state index contributed by atoms with van der Waals surface area (Å²) in [5.41, 5.74) is 0.428. The quantitative estimate of drug-likeness (QED) is 0.524. The van der Waals surface area contributed by atoms with E-state index in [-0.39, 0.29) is 28.7 Å². The maximum absolute atomic E-state index is 13.6. The third kappa shape index (κ3) is 5.31. The Morgan fingerprint density at radius 3 is 2.52 bits per heavy atom. The molecule has 1 aliphatic heterocycles. The van der Waals surface area contributed by atoms with Crippen LogP contribution in [-0.2, 0) is 0 Å². The lowest BCUT2D eigenvalue weighted by Gasteiger charge is -2.49. The van der Waals surface area contributed by atoms with E-state index in [1.54, 1.807) is 29.1 Å². The van der Waals surface area contributed by atoms with Crippen molar-refractivity contribution in [3.05, 3.63) is 52.6 Å². The SMILES string of the molecule is CCCCN(C(=O)c1ccc(-n2ccnc2)c([N+](=O)[O-])c1)C1CC(C)(C)NC(C)(C)C1. The summed E-state index contributed by atoms with van der Waals surface area (Å²) >= 11 is 0. The van der Waals surface area contributed by atoms with E-state index in [0.29, 0.717) is 17.8 Å². The second kappa shape index (κ2) is 8.78.